The van der Waals surface area contributed by atoms with Crippen LogP contribution in [0.15, 0.2) is 23.2 Å². The summed E-state index contributed by atoms with van der Waals surface area (Å²) in [4.78, 5) is 0. The molecule has 0 aliphatic heterocycles. The molecule has 3 nitrogen and oxygen atoms in total. The maximum Gasteiger partial charge on any atom is 0.242 e. The summed E-state index contributed by atoms with van der Waals surface area (Å²) >= 11 is 0. The van der Waals surface area contributed by atoms with Crippen LogP contribution < -0.4 is 0 Å². The molecule has 3 saturated carbocycles. The zero-order valence-electron chi connectivity index (χ0n) is 25.0. The molecule has 4 rings (SSSR count). The Kier molecular flexibility index (Phi) is 6.81. The largest absolute Gasteiger partial charge is 0.542 e. The summed E-state index contributed by atoms with van der Waals surface area (Å²) in [6.45, 7) is 28.5. The van der Waals surface area contributed by atoms with E-state index in [9.17, 15) is 0 Å². The highest BCUT2D eigenvalue weighted by molar-refractivity contribution is 6.71. The molecule has 4 aliphatic rings. The van der Waals surface area contributed by atoms with Crippen molar-refractivity contribution in [2.75, 3.05) is 0 Å². The summed E-state index contributed by atoms with van der Waals surface area (Å²) in [5.41, 5.74) is 2.13. The lowest BCUT2D eigenvalue weighted by Gasteiger charge is -2.60. The molecule has 3 fully saturated rings. The number of fused-ring (bicyclic) bond motifs is 5. The zero-order chi connectivity index (χ0) is 26.2. The first-order valence-corrected chi connectivity index (χ1v) is 24.5. The van der Waals surface area contributed by atoms with Crippen LogP contribution in [0.1, 0.15) is 65.7 Å². The van der Waals surface area contributed by atoms with Gasteiger partial charge in [0.1, 0.15) is 11.5 Å². The molecule has 0 radical (unpaired) electrons. The Morgan fingerprint density at radius 3 is 1.91 bits per heavy atom. The molecule has 0 aromatic rings. The van der Waals surface area contributed by atoms with E-state index in [-0.39, 0.29) is 11.0 Å². The summed E-state index contributed by atoms with van der Waals surface area (Å²) in [6, 6.07) is 0. The predicted octanol–water partition coefficient (Wildman–Crippen LogP) is 9.08. The van der Waals surface area contributed by atoms with Gasteiger partial charge in [-0.25, -0.2) is 0 Å². The Hall–Kier alpha value is -0.309. The molecule has 4 aliphatic carbocycles. The van der Waals surface area contributed by atoms with Gasteiger partial charge in [-0.2, -0.15) is 0 Å². The van der Waals surface area contributed by atoms with Crippen molar-refractivity contribution in [2.24, 2.45) is 28.6 Å². The molecule has 6 atom stereocenters. The number of hydrogen-bond acceptors (Lipinski definition) is 3. The number of hydrogen-bond donors (Lipinski definition) is 0. The number of rotatable bonds is 6. The lowest BCUT2D eigenvalue weighted by molar-refractivity contribution is -0.108. The molecule has 5 unspecified atom stereocenters. The van der Waals surface area contributed by atoms with Gasteiger partial charge in [0, 0.05) is 0 Å². The summed E-state index contributed by atoms with van der Waals surface area (Å²) in [5, 5.41) is 0. The third-order valence-corrected chi connectivity index (χ3v) is 12.5. The topological polar surface area (TPSA) is 27.7 Å². The summed E-state index contributed by atoms with van der Waals surface area (Å²) in [5.74, 6) is 4.53. The molecule has 6 heteroatoms. The Labute approximate surface area is 219 Å². The van der Waals surface area contributed by atoms with E-state index in [2.05, 4.69) is 85.8 Å². The minimum atomic E-state index is -1.77. The van der Waals surface area contributed by atoms with E-state index in [1.165, 1.54) is 38.5 Å². The second-order valence-electron chi connectivity index (χ2n) is 15.8. The fraction of sp³-hybridized carbons (Fsp3) is 0.862. The second-order valence-corrected chi connectivity index (χ2v) is 29.1. The summed E-state index contributed by atoms with van der Waals surface area (Å²) < 4.78 is 20.5. The first-order valence-electron chi connectivity index (χ1n) is 14.3. The lowest BCUT2D eigenvalue weighted by atomic mass is 9.47. The van der Waals surface area contributed by atoms with E-state index in [4.69, 9.17) is 13.3 Å². The predicted molar refractivity (Wildman–Crippen MR) is 156 cm³/mol. The smallest absolute Gasteiger partial charge is 0.242 e. The average Bonchev–Trinajstić information content (AvgIpc) is 2.91. The Bertz CT molecular complexity index is 906. The minimum absolute atomic E-state index is 0.0427. The third kappa shape index (κ3) is 5.07. The highest BCUT2D eigenvalue weighted by Crippen LogP contribution is 2.69. The SMILES string of the molecule is CC12CC=C(O[Si](C)(C)C)C(O[Si](C)(C)C)=C1CCC1C2CCC2(C)C1CC[C@@]2(C)O[Si](C)(C)C. The molecule has 0 N–H and O–H groups in total. The van der Waals surface area contributed by atoms with Gasteiger partial charge in [0.25, 0.3) is 0 Å². The van der Waals surface area contributed by atoms with Crippen molar-refractivity contribution < 1.29 is 13.3 Å². The Balaban J connectivity index is 1.68. The molecule has 35 heavy (non-hydrogen) atoms. The molecule has 0 aromatic carbocycles. The van der Waals surface area contributed by atoms with Gasteiger partial charge in [0.2, 0.25) is 16.6 Å². The zero-order valence-corrected chi connectivity index (χ0v) is 28.0. The molecular formula is C29H54O3Si3. The molecular weight excluding hydrogens is 481 g/mol. The van der Waals surface area contributed by atoms with Crippen molar-refractivity contribution in [1.82, 2.24) is 0 Å². The molecule has 0 bridgehead atoms. The van der Waals surface area contributed by atoms with E-state index in [1.54, 1.807) is 5.57 Å². The van der Waals surface area contributed by atoms with Gasteiger partial charge in [-0.3, -0.25) is 0 Å². The van der Waals surface area contributed by atoms with Crippen molar-refractivity contribution in [3.05, 3.63) is 23.2 Å². The van der Waals surface area contributed by atoms with E-state index in [1.807, 2.05) is 0 Å². The van der Waals surface area contributed by atoms with Gasteiger partial charge >= 0.3 is 0 Å². The normalized spacial score (nSPS) is 40.0. The molecule has 200 valence electrons. The van der Waals surface area contributed by atoms with Crippen molar-refractivity contribution in [1.29, 1.82) is 0 Å². The molecule has 0 saturated heterocycles. The second kappa shape index (κ2) is 8.60. The van der Waals surface area contributed by atoms with Gasteiger partial charge in [-0.15, -0.1) is 0 Å². The quantitative estimate of drug-likeness (QED) is 0.318. The Morgan fingerprint density at radius 1 is 0.743 bits per heavy atom. The van der Waals surface area contributed by atoms with Crippen LogP contribution in [0.3, 0.4) is 0 Å². The monoisotopic (exact) mass is 534 g/mol. The molecule has 0 aromatic heterocycles. The van der Waals surface area contributed by atoms with Crippen molar-refractivity contribution in [2.45, 2.75) is 130 Å². The van der Waals surface area contributed by atoms with Crippen molar-refractivity contribution in [3.63, 3.8) is 0 Å². The van der Waals surface area contributed by atoms with Gasteiger partial charge < -0.3 is 13.3 Å². The van der Waals surface area contributed by atoms with E-state index in [0.29, 0.717) is 5.41 Å². The third-order valence-electron chi connectivity index (χ3n) is 9.77. The van der Waals surface area contributed by atoms with Crippen LogP contribution in [0.4, 0.5) is 0 Å². The average molecular weight is 535 g/mol. The highest BCUT2D eigenvalue weighted by atomic mass is 28.4. The number of allylic oxidation sites excluding steroid dienone is 2. The molecule has 0 spiro atoms. The first-order chi connectivity index (χ1) is 15.8. The van der Waals surface area contributed by atoms with E-state index in [0.717, 1.165) is 35.7 Å². The van der Waals surface area contributed by atoms with Gasteiger partial charge in [-0.1, -0.05) is 13.8 Å². The van der Waals surface area contributed by atoms with Crippen LogP contribution in [0.25, 0.3) is 0 Å². The van der Waals surface area contributed by atoms with Crippen LogP contribution in [0.5, 0.6) is 0 Å². The maximum absolute atomic E-state index is 6.99. The lowest BCUT2D eigenvalue weighted by Crippen LogP contribution is -2.56. The Morgan fingerprint density at radius 2 is 1.34 bits per heavy atom. The van der Waals surface area contributed by atoms with Crippen LogP contribution in [0, 0.1) is 28.6 Å². The van der Waals surface area contributed by atoms with Gasteiger partial charge in [0.15, 0.2) is 8.32 Å². The van der Waals surface area contributed by atoms with Gasteiger partial charge in [0.05, 0.1) is 5.60 Å². The fourth-order valence-electron chi connectivity index (χ4n) is 8.40. The minimum Gasteiger partial charge on any atom is -0.542 e. The summed E-state index contributed by atoms with van der Waals surface area (Å²) in [6.07, 6.45) is 11.2. The first kappa shape index (κ1) is 27.7. The summed E-state index contributed by atoms with van der Waals surface area (Å²) in [7, 11) is -5.09. The molecule has 0 heterocycles. The molecule has 0 amide bonds. The van der Waals surface area contributed by atoms with E-state index < -0.39 is 25.0 Å². The van der Waals surface area contributed by atoms with Crippen LogP contribution >= 0.6 is 0 Å². The van der Waals surface area contributed by atoms with Crippen LogP contribution in [-0.4, -0.2) is 30.6 Å². The fourth-order valence-corrected chi connectivity index (χ4v) is 11.8. The maximum atomic E-state index is 6.99. The van der Waals surface area contributed by atoms with E-state index >= 15 is 0 Å². The van der Waals surface area contributed by atoms with Crippen molar-refractivity contribution in [3.8, 4) is 0 Å². The van der Waals surface area contributed by atoms with Crippen LogP contribution in [0.2, 0.25) is 58.9 Å². The van der Waals surface area contributed by atoms with Gasteiger partial charge in [-0.05, 0) is 151 Å². The van der Waals surface area contributed by atoms with Crippen molar-refractivity contribution >= 4 is 25.0 Å². The van der Waals surface area contributed by atoms with Crippen LogP contribution in [-0.2, 0) is 13.3 Å². The standard InChI is InChI=1S/C29H54O3Si3/c1-27-18-17-25(30-33(4,5)6)26(31-34(7,8)9)24(27)14-13-21-22(27)15-19-28(2)23(21)16-20-29(28,3)32-35(10,11)12/h17,21-23H,13-16,18-20H2,1-12H3/t21?,22?,23?,27?,28?,29-/m1/s1. The highest BCUT2D eigenvalue weighted by Gasteiger charge is 2.64.